The second kappa shape index (κ2) is 6.47. The molecule has 0 heterocycles. The molecule has 2 aromatic rings. The Morgan fingerprint density at radius 3 is 2.43 bits per heavy atom. The largest absolute Gasteiger partial charge is 0.491 e. The summed E-state index contributed by atoms with van der Waals surface area (Å²) in [5, 5.41) is 10.6. The van der Waals surface area contributed by atoms with E-state index < -0.39 is 15.9 Å². The highest BCUT2D eigenvalue weighted by Gasteiger charge is 2.10. The molecule has 1 N–H and O–H groups in total. The first-order valence-corrected chi connectivity index (χ1v) is 8.49. The smallest absolute Gasteiger partial charge is 0.175 e. The Balaban J connectivity index is 2.00. The number of rotatable bonds is 5. The van der Waals surface area contributed by atoms with E-state index in [0.717, 1.165) is 6.26 Å². The summed E-state index contributed by atoms with van der Waals surface area (Å²) in [6.45, 7) is 0.0541. The van der Waals surface area contributed by atoms with Crippen LogP contribution in [0.1, 0.15) is 11.7 Å². The fourth-order valence-electron chi connectivity index (χ4n) is 1.77. The second-order valence-corrected chi connectivity index (χ2v) is 7.08. The van der Waals surface area contributed by atoms with E-state index in [0.29, 0.717) is 16.3 Å². The van der Waals surface area contributed by atoms with Gasteiger partial charge in [-0.3, -0.25) is 0 Å². The molecule has 2 aromatic carbocycles. The van der Waals surface area contributed by atoms with E-state index in [2.05, 4.69) is 0 Å². The molecule has 21 heavy (non-hydrogen) atoms. The summed E-state index contributed by atoms with van der Waals surface area (Å²) in [5.74, 6) is 0.489. The number of aliphatic hydroxyl groups excluding tert-OH is 1. The third kappa shape index (κ3) is 4.46. The van der Waals surface area contributed by atoms with Crippen molar-refractivity contribution in [2.45, 2.75) is 11.0 Å². The molecule has 112 valence electrons. The van der Waals surface area contributed by atoms with Gasteiger partial charge in [-0.15, -0.1) is 0 Å². The highest BCUT2D eigenvalue weighted by atomic mass is 35.5. The highest BCUT2D eigenvalue weighted by molar-refractivity contribution is 7.90. The molecule has 1 unspecified atom stereocenters. The van der Waals surface area contributed by atoms with E-state index in [9.17, 15) is 13.5 Å². The zero-order valence-corrected chi connectivity index (χ0v) is 12.9. The number of halogens is 1. The fourth-order valence-corrected chi connectivity index (χ4v) is 2.60. The van der Waals surface area contributed by atoms with Crippen LogP contribution in [-0.4, -0.2) is 26.4 Å². The van der Waals surface area contributed by atoms with Gasteiger partial charge >= 0.3 is 0 Å². The molecule has 0 saturated carbocycles. The lowest BCUT2D eigenvalue weighted by Crippen LogP contribution is -2.09. The Kier molecular flexibility index (Phi) is 4.88. The molecule has 0 aliphatic carbocycles. The highest BCUT2D eigenvalue weighted by Crippen LogP contribution is 2.20. The molecule has 0 aliphatic heterocycles. The van der Waals surface area contributed by atoms with E-state index in [4.69, 9.17) is 16.3 Å². The normalized spacial score (nSPS) is 12.9. The van der Waals surface area contributed by atoms with Crippen LogP contribution in [0.5, 0.6) is 5.75 Å². The molecule has 0 fully saturated rings. The first-order chi connectivity index (χ1) is 9.86. The molecule has 2 rings (SSSR count). The monoisotopic (exact) mass is 326 g/mol. The summed E-state index contributed by atoms with van der Waals surface area (Å²) in [4.78, 5) is 0.227. The summed E-state index contributed by atoms with van der Waals surface area (Å²) < 4.78 is 28.1. The molecule has 0 aromatic heterocycles. The predicted octanol–water partition coefficient (Wildman–Crippen LogP) is 2.86. The average Bonchev–Trinajstić information content (AvgIpc) is 2.44. The lowest BCUT2D eigenvalue weighted by atomic mass is 10.1. The van der Waals surface area contributed by atoms with Crippen molar-refractivity contribution in [1.82, 2.24) is 0 Å². The zero-order chi connectivity index (χ0) is 15.5. The van der Waals surface area contributed by atoms with Crippen molar-refractivity contribution in [3.05, 3.63) is 59.1 Å². The number of benzene rings is 2. The molecule has 0 radical (unpaired) electrons. The van der Waals surface area contributed by atoms with E-state index in [1.807, 2.05) is 0 Å². The van der Waals surface area contributed by atoms with Crippen LogP contribution in [0.2, 0.25) is 5.02 Å². The van der Waals surface area contributed by atoms with Crippen LogP contribution in [-0.2, 0) is 9.84 Å². The van der Waals surface area contributed by atoms with Crippen molar-refractivity contribution in [2.75, 3.05) is 12.9 Å². The van der Waals surface area contributed by atoms with Crippen LogP contribution < -0.4 is 4.74 Å². The zero-order valence-electron chi connectivity index (χ0n) is 11.4. The van der Waals surface area contributed by atoms with Gasteiger partial charge < -0.3 is 9.84 Å². The van der Waals surface area contributed by atoms with E-state index in [1.54, 1.807) is 36.4 Å². The number of sulfone groups is 1. The summed E-state index contributed by atoms with van der Waals surface area (Å²) in [6, 6.07) is 13.0. The molecule has 6 heteroatoms. The molecule has 0 aliphatic rings. The summed E-state index contributed by atoms with van der Waals surface area (Å²) in [5.41, 5.74) is 0.662. The Morgan fingerprint density at radius 1 is 1.19 bits per heavy atom. The Bertz CT molecular complexity index is 711. The first-order valence-electron chi connectivity index (χ1n) is 6.23. The third-order valence-electron chi connectivity index (χ3n) is 2.89. The predicted molar refractivity (Wildman–Crippen MR) is 81.5 cm³/mol. The summed E-state index contributed by atoms with van der Waals surface area (Å²) >= 11 is 5.86. The molecular formula is C15H15ClO4S. The van der Waals surface area contributed by atoms with E-state index in [-0.39, 0.29) is 11.5 Å². The average molecular weight is 327 g/mol. The lowest BCUT2D eigenvalue weighted by Gasteiger charge is -2.13. The van der Waals surface area contributed by atoms with Gasteiger partial charge in [0.25, 0.3) is 0 Å². The number of hydrogen-bond acceptors (Lipinski definition) is 4. The van der Waals surface area contributed by atoms with Crippen molar-refractivity contribution in [3.63, 3.8) is 0 Å². The first kappa shape index (κ1) is 15.8. The van der Waals surface area contributed by atoms with Crippen LogP contribution in [0.25, 0.3) is 0 Å². The topological polar surface area (TPSA) is 63.6 Å². The Morgan fingerprint density at radius 2 is 1.86 bits per heavy atom. The molecular weight excluding hydrogens is 312 g/mol. The molecule has 0 spiro atoms. The van der Waals surface area contributed by atoms with Gasteiger partial charge in [-0.25, -0.2) is 8.42 Å². The second-order valence-electron chi connectivity index (χ2n) is 4.63. The molecule has 4 nitrogen and oxygen atoms in total. The SMILES string of the molecule is CS(=O)(=O)c1ccc(OCC(O)c2cccc(Cl)c2)cc1. The van der Waals surface area contributed by atoms with Gasteiger partial charge in [-0.1, -0.05) is 23.7 Å². The maximum Gasteiger partial charge on any atom is 0.175 e. The van der Waals surface area contributed by atoms with Crippen LogP contribution in [0.15, 0.2) is 53.4 Å². The van der Waals surface area contributed by atoms with Crippen molar-refractivity contribution >= 4 is 21.4 Å². The Labute approximate surface area is 128 Å². The maximum atomic E-state index is 11.3. The van der Waals surface area contributed by atoms with Crippen LogP contribution in [0.4, 0.5) is 0 Å². The van der Waals surface area contributed by atoms with Crippen LogP contribution >= 0.6 is 11.6 Å². The standard InChI is InChI=1S/C15H15ClO4S/c1-21(18,19)14-7-5-13(6-8-14)20-10-15(17)11-3-2-4-12(16)9-11/h2-9,15,17H,10H2,1H3. The fraction of sp³-hybridized carbons (Fsp3) is 0.200. The van der Waals surface area contributed by atoms with Crippen LogP contribution in [0.3, 0.4) is 0 Å². The van der Waals surface area contributed by atoms with E-state index >= 15 is 0 Å². The van der Waals surface area contributed by atoms with Gasteiger partial charge in [0, 0.05) is 11.3 Å². The maximum absolute atomic E-state index is 11.3. The minimum absolute atomic E-state index is 0.0541. The number of ether oxygens (including phenoxy) is 1. The summed E-state index contributed by atoms with van der Waals surface area (Å²) in [7, 11) is -3.22. The Hall–Kier alpha value is -1.56. The minimum atomic E-state index is -3.22. The van der Waals surface area contributed by atoms with Gasteiger partial charge in [0.1, 0.15) is 18.5 Å². The third-order valence-corrected chi connectivity index (χ3v) is 4.26. The van der Waals surface area contributed by atoms with Gasteiger partial charge in [0.2, 0.25) is 0 Å². The van der Waals surface area contributed by atoms with Gasteiger partial charge in [-0.05, 0) is 42.0 Å². The molecule has 0 amide bonds. The lowest BCUT2D eigenvalue weighted by molar-refractivity contribution is 0.108. The van der Waals surface area contributed by atoms with Crippen molar-refractivity contribution in [2.24, 2.45) is 0 Å². The molecule has 1 atom stereocenters. The van der Waals surface area contributed by atoms with E-state index in [1.165, 1.54) is 12.1 Å². The minimum Gasteiger partial charge on any atom is -0.491 e. The molecule has 0 saturated heterocycles. The molecule has 0 bridgehead atoms. The quantitative estimate of drug-likeness (QED) is 0.917. The number of aliphatic hydroxyl groups is 1. The van der Waals surface area contributed by atoms with Gasteiger partial charge in [0.05, 0.1) is 4.90 Å². The number of hydrogen-bond donors (Lipinski definition) is 1. The van der Waals surface area contributed by atoms with Crippen LogP contribution in [0, 0.1) is 0 Å². The van der Waals surface area contributed by atoms with Gasteiger partial charge in [-0.2, -0.15) is 0 Å². The summed E-state index contributed by atoms with van der Waals surface area (Å²) in [6.07, 6.45) is 0.337. The van der Waals surface area contributed by atoms with Crippen molar-refractivity contribution in [3.8, 4) is 5.75 Å². The van der Waals surface area contributed by atoms with Gasteiger partial charge in [0.15, 0.2) is 9.84 Å². The van der Waals surface area contributed by atoms with Crippen molar-refractivity contribution in [1.29, 1.82) is 0 Å². The van der Waals surface area contributed by atoms with Crippen molar-refractivity contribution < 1.29 is 18.3 Å².